The summed E-state index contributed by atoms with van der Waals surface area (Å²) in [7, 11) is 0. The number of pyridine rings is 3. The van der Waals surface area contributed by atoms with Gasteiger partial charge in [-0.15, -0.1) is 0 Å². The minimum Gasteiger partial charge on any atom is -0.352 e. The van der Waals surface area contributed by atoms with Gasteiger partial charge in [0.1, 0.15) is 11.5 Å². The second-order valence-electron chi connectivity index (χ2n) is 7.76. The lowest BCUT2D eigenvalue weighted by atomic mass is 10.0. The topological polar surface area (TPSA) is 83.1 Å². The number of nitrogens with one attached hydrogen (secondary N) is 2. The van der Waals surface area contributed by atoms with Crippen LogP contribution in [0.3, 0.4) is 0 Å². The highest BCUT2D eigenvalue weighted by atomic mass is 19.1. The molecule has 0 aliphatic carbocycles. The summed E-state index contributed by atoms with van der Waals surface area (Å²) in [5.74, 6) is -0.265. The number of benzene rings is 1. The Bertz CT molecular complexity index is 1580. The van der Waals surface area contributed by atoms with E-state index in [0.29, 0.717) is 5.65 Å². The number of halogens is 1. The molecule has 6 nitrogen and oxygen atoms in total. The number of nitrogens with zero attached hydrogens (tertiary/aromatic N) is 4. The molecule has 0 aliphatic rings. The zero-order valence-electron chi connectivity index (χ0n) is 17.1. The van der Waals surface area contributed by atoms with Gasteiger partial charge in [-0.2, -0.15) is 5.10 Å². The van der Waals surface area contributed by atoms with Crippen LogP contribution in [-0.2, 0) is 0 Å². The second kappa shape index (κ2) is 7.09. The molecule has 0 spiro atoms. The molecule has 0 aliphatic heterocycles. The normalized spacial score (nSPS) is 11.4. The Balaban J connectivity index is 1.52. The summed E-state index contributed by atoms with van der Waals surface area (Å²) in [5, 5.41) is 9.34. The summed E-state index contributed by atoms with van der Waals surface area (Å²) in [6, 6.07) is 14.8. The Morgan fingerprint density at radius 3 is 2.66 bits per heavy atom. The van der Waals surface area contributed by atoms with Gasteiger partial charge in [-0.1, -0.05) is 12.1 Å². The van der Waals surface area contributed by atoms with E-state index >= 15 is 0 Å². The van der Waals surface area contributed by atoms with Crippen LogP contribution in [0, 0.1) is 12.7 Å². The number of aromatic amines is 2. The first kappa shape index (κ1) is 18.4. The van der Waals surface area contributed by atoms with E-state index in [9.17, 15) is 4.39 Å². The summed E-state index contributed by atoms with van der Waals surface area (Å²) < 4.78 is 14.0. The fraction of sp³-hybridized carbons (Fsp3) is 0.0400. The zero-order valence-corrected chi connectivity index (χ0v) is 17.1. The Kier molecular flexibility index (Phi) is 4.07. The highest BCUT2D eigenvalue weighted by Crippen LogP contribution is 2.34. The summed E-state index contributed by atoms with van der Waals surface area (Å²) in [5.41, 5.74) is 7.39. The number of rotatable bonds is 3. The van der Waals surface area contributed by atoms with Crippen LogP contribution >= 0.6 is 0 Å². The highest BCUT2D eigenvalue weighted by Gasteiger charge is 2.16. The molecule has 0 atom stereocenters. The van der Waals surface area contributed by atoms with Crippen molar-refractivity contribution in [1.82, 2.24) is 30.1 Å². The molecule has 6 aromatic rings. The van der Waals surface area contributed by atoms with E-state index in [-0.39, 0.29) is 5.82 Å². The minimum atomic E-state index is -0.265. The number of fused-ring (bicyclic) bond motifs is 2. The maximum Gasteiger partial charge on any atom is 0.155 e. The second-order valence-corrected chi connectivity index (χ2v) is 7.76. The fourth-order valence-electron chi connectivity index (χ4n) is 4.08. The van der Waals surface area contributed by atoms with Crippen molar-refractivity contribution in [3.05, 3.63) is 84.7 Å². The number of aromatic nitrogens is 6. The van der Waals surface area contributed by atoms with Gasteiger partial charge in [-0.25, -0.2) is 9.37 Å². The highest BCUT2D eigenvalue weighted by molar-refractivity contribution is 6.00. The first-order valence-corrected chi connectivity index (χ1v) is 10.2. The molecule has 5 aromatic heterocycles. The van der Waals surface area contributed by atoms with Crippen molar-refractivity contribution in [2.75, 3.05) is 0 Å². The molecule has 0 fully saturated rings. The quantitative estimate of drug-likeness (QED) is 0.386. The standard InChI is InChI=1S/C25H17FN6/c1-14-6-15(8-17(26)7-14)20-12-27-13-23-18(20)10-22(30-23)24-19-9-16(11-29-25(19)32-31-24)21-4-2-3-5-28-21/h2-13,30H,1H3,(H,29,31,32). The van der Waals surface area contributed by atoms with E-state index in [0.717, 1.165) is 55.6 Å². The van der Waals surface area contributed by atoms with E-state index in [2.05, 4.69) is 30.1 Å². The van der Waals surface area contributed by atoms with Crippen molar-refractivity contribution in [3.63, 3.8) is 0 Å². The van der Waals surface area contributed by atoms with Gasteiger partial charge < -0.3 is 4.98 Å². The van der Waals surface area contributed by atoms with Gasteiger partial charge in [0, 0.05) is 40.5 Å². The molecule has 0 unspecified atom stereocenters. The van der Waals surface area contributed by atoms with Crippen LogP contribution in [0.15, 0.2) is 73.3 Å². The van der Waals surface area contributed by atoms with Crippen LogP contribution in [0.1, 0.15) is 5.56 Å². The van der Waals surface area contributed by atoms with Crippen molar-refractivity contribution < 1.29 is 4.39 Å². The largest absolute Gasteiger partial charge is 0.352 e. The Morgan fingerprint density at radius 1 is 0.875 bits per heavy atom. The van der Waals surface area contributed by atoms with Gasteiger partial charge in [0.05, 0.1) is 23.1 Å². The molecule has 0 amide bonds. The van der Waals surface area contributed by atoms with Gasteiger partial charge >= 0.3 is 0 Å². The lowest BCUT2D eigenvalue weighted by molar-refractivity contribution is 0.627. The first-order chi connectivity index (χ1) is 15.7. The number of hydrogen-bond acceptors (Lipinski definition) is 4. The zero-order chi connectivity index (χ0) is 21.7. The van der Waals surface area contributed by atoms with Crippen LogP contribution in [-0.4, -0.2) is 30.1 Å². The Morgan fingerprint density at radius 2 is 1.81 bits per heavy atom. The third-order valence-corrected chi connectivity index (χ3v) is 5.53. The molecule has 0 saturated heterocycles. The van der Waals surface area contributed by atoms with Gasteiger partial charge in [-0.05, 0) is 54.4 Å². The number of H-pyrrole nitrogens is 2. The van der Waals surface area contributed by atoms with E-state index in [4.69, 9.17) is 0 Å². The molecule has 2 N–H and O–H groups in total. The van der Waals surface area contributed by atoms with Crippen LogP contribution in [0.25, 0.3) is 55.7 Å². The van der Waals surface area contributed by atoms with Crippen molar-refractivity contribution >= 4 is 21.9 Å². The average molecular weight is 420 g/mol. The summed E-state index contributed by atoms with van der Waals surface area (Å²) in [4.78, 5) is 16.7. The third-order valence-electron chi connectivity index (χ3n) is 5.53. The van der Waals surface area contributed by atoms with Crippen LogP contribution in [0.5, 0.6) is 0 Å². The summed E-state index contributed by atoms with van der Waals surface area (Å²) in [6.45, 7) is 1.88. The molecule has 32 heavy (non-hydrogen) atoms. The van der Waals surface area contributed by atoms with E-state index in [1.165, 1.54) is 12.1 Å². The van der Waals surface area contributed by atoms with Crippen molar-refractivity contribution in [2.45, 2.75) is 6.92 Å². The van der Waals surface area contributed by atoms with E-state index < -0.39 is 0 Å². The fourth-order valence-corrected chi connectivity index (χ4v) is 4.08. The summed E-state index contributed by atoms with van der Waals surface area (Å²) in [6.07, 6.45) is 7.07. The lowest BCUT2D eigenvalue weighted by Crippen LogP contribution is -1.85. The molecule has 6 rings (SSSR count). The van der Waals surface area contributed by atoms with Gasteiger partial charge in [0.2, 0.25) is 0 Å². The number of aryl methyl sites for hydroxylation is 1. The molecule has 0 radical (unpaired) electrons. The third kappa shape index (κ3) is 3.02. The molecule has 1 aromatic carbocycles. The molecule has 0 bridgehead atoms. The lowest BCUT2D eigenvalue weighted by Gasteiger charge is -2.05. The van der Waals surface area contributed by atoms with Crippen molar-refractivity contribution in [1.29, 1.82) is 0 Å². The van der Waals surface area contributed by atoms with E-state index in [1.54, 1.807) is 24.8 Å². The van der Waals surface area contributed by atoms with Crippen molar-refractivity contribution in [2.24, 2.45) is 0 Å². The molecule has 5 heterocycles. The monoisotopic (exact) mass is 420 g/mol. The predicted octanol–water partition coefficient (Wildman–Crippen LogP) is 5.68. The average Bonchev–Trinajstić information content (AvgIpc) is 3.42. The van der Waals surface area contributed by atoms with Crippen molar-refractivity contribution in [3.8, 4) is 33.8 Å². The molecular formula is C25H17FN6. The molecule has 7 heteroatoms. The number of hydrogen-bond donors (Lipinski definition) is 2. The SMILES string of the molecule is Cc1cc(F)cc(-c2cncc3[nH]c(-c4n[nH]c5ncc(-c6ccccn6)cc45)cc23)c1. The van der Waals surface area contributed by atoms with Crippen LogP contribution in [0.4, 0.5) is 4.39 Å². The van der Waals surface area contributed by atoms with Gasteiger partial charge in [0.15, 0.2) is 5.65 Å². The first-order valence-electron chi connectivity index (χ1n) is 10.2. The molecule has 0 saturated carbocycles. The minimum absolute atomic E-state index is 0.265. The Labute approximate surface area is 182 Å². The van der Waals surface area contributed by atoms with Crippen LogP contribution in [0.2, 0.25) is 0 Å². The predicted molar refractivity (Wildman–Crippen MR) is 122 cm³/mol. The van der Waals surface area contributed by atoms with E-state index in [1.807, 2.05) is 43.3 Å². The van der Waals surface area contributed by atoms with Gasteiger partial charge in [-0.3, -0.25) is 15.1 Å². The van der Waals surface area contributed by atoms with Crippen LogP contribution < -0.4 is 0 Å². The Hall–Kier alpha value is -4.39. The summed E-state index contributed by atoms with van der Waals surface area (Å²) >= 11 is 0. The maximum atomic E-state index is 14.0. The molecular weight excluding hydrogens is 403 g/mol. The van der Waals surface area contributed by atoms with Gasteiger partial charge in [0.25, 0.3) is 0 Å². The molecule has 154 valence electrons. The smallest absolute Gasteiger partial charge is 0.155 e. The maximum absolute atomic E-state index is 14.0.